The van der Waals surface area contributed by atoms with E-state index in [1.807, 2.05) is 0 Å². The van der Waals surface area contributed by atoms with Crippen LogP contribution in [0, 0.1) is 24.0 Å². The van der Waals surface area contributed by atoms with E-state index in [1.165, 1.54) is 50.4 Å². The average Bonchev–Trinajstić information content (AvgIpc) is 2.75. The number of methoxy groups -OCH3 is 1. The lowest BCUT2D eigenvalue weighted by Crippen LogP contribution is -2.17. The molecule has 174 valence electrons. The van der Waals surface area contributed by atoms with Gasteiger partial charge in [0.15, 0.2) is 0 Å². The van der Waals surface area contributed by atoms with Gasteiger partial charge in [-0.05, 0) is 49.7 Å². The Morgan fingerprint density at radius 3 is 2.18 bits per heavy atom. The monoisotopic (exact) mass is 491 g/mol. The van der Waals surface area contributed by atoms with Crippen LogP contribution in [0.3, 0.4) is 0 Å². The number of aryl methyl sites for hydroxylation is 2. The van der Waals surface area contributed by atoms with Gasteiger partial charge >= 0.3 is 0 Å². The van der Waals surface area contributed by atoms with Crippen molar-refractivity contribution in [2.45, 2.75) is 23.6 Å². The van der Waals surface area contributed by atoms with Gasteiger partial charge in [-0.15, -0.1) is 0 Å². The van der Waals surface area contributed by atoms with Crippen molar-refractivity contribution < 1.29 is 26.5 Å². The Balaban J connectivity index is 1.96. The zero-order chi connectivity index (χ0) is 24.4. The summed E-state index contributed by atoms with van der Waals surface area (Å²) in [6, 6.07) is 14.0. The largest absolute Gasteiger partial charge is 0.495 e. The summed E-state index contributed by atoms with van der Waals surface area (Å²) in [5.74, 6) is 0.316. The van der Waals surface area contributed by atoms with E-state index in [0.717, 1.165) is 6.07 Å². The molecule has 0 radical (unpaired) electrons. The average molecular weight is 492 g/mol. The number of hydrogen-bond acceptors (Lipinski definition) is 7. The molecule has 0 saturated carbocycles. The Morgan fingerprint density at radius 2 is 1.52 bits per heavy atom. The summed E-state index contributed by atoms with van der Waals surface area (Å²) in [5.41, 5.74) is 0.545. The number of nitrogens with one attached hydrogen (secondary N) is 2. The Hall–Kier alpha value is -3.64. The quantitative estimate of drug-likeness (QED) is 0.360. The highest BCUT2D eigenvalue weighted by Crippen LogP contribution is 2.29. The van der Waals surface area contributed by atoms with Crippen LogP contribution in [0.5, 0.6) is 5.75 Å². The zero-order valence-electron chi connectivity index (χ0n) is 17.9. The molecule has 0 unspecified atom stereocenters. The highest BCUT2D eigenvalue weighted by Gasteiger charge is 2.23. The molecule has 0 fully saturated rings. The van der Waals surface area contributed by atoms with E-state index in [-0.39, 0.29) is 26.9 Å². The second-order valence-corrected chi connectivity index (χ2v) is 10.4. The molecule has 10 nitrogen and oxygen atoms in total. The minimum atomic E-state index is -4.22. The Labute approximate surface area is 191 Å². The number of sulfonamides is 2. The number of ether oxygens (including phenoxy) is 1. The number of benzene rings is 3. The minimum Gasteiger partial charge on any atom is -0.495 e. The normalized spacial score (nSPS) is 11.6. The second kappa shape index (κ2) is 9.08. The molecule has 0 atom stereocenters. The molecule has 3 aromatic rings. The van der Waals surface area contributed by atoms with E-state index in [4.69, 9.17) is 4.74 Å². The van der Waals surface area contributed by atoms with E-state index >= 15 is 0 Å². The van der Waals surface area contributed by atoms with Gasteiger partial charge in [0.1, 0.15) is 5.75 Å². The van der Waals surface area contributed by atoms with Gasteiger partial charge in [-0.3, -0.25) is 19.6 Å². The Morgan fingerprint density at radius 1 is 0.848 bits per heavy atom. The van der Waals surface area contributed by atoms with Crippen LogP contribution in [-0.4, -0.2) is 28.9 Å². The lowest BCUT2D eigenvalue weighted by Gasteiger charge is -2.15. The molecular weight excluding hydrogens is 470 g/mol. The van der Waals surface area contributed by atoms with E-state index in [0.29, 0.717) is 16.9 Å². The molecule has 0 aliphatic rings. The van der Waals surface area contributed by atoms with Gasteiger partial charge in [-0.25, -0.2) is 16.8 Å². The second-order valence-electron chi connectivity index (χ2n) is 7.10. The molecule has 0 aliphatic heterocycles. The van der Waals surface area contributed by atoms with Crippen LogP contribution in [0.4, 0.5) is 17.1 Å². The molecule has 0 amide bonds. The van der Waals surface area contributed by atoms with Crippen LogP contribution >= 0.6 is 0 Å². The third kappa shape index (κ3) is 5.23. The summed E-state index contributed by atoms with van der Waals surface area (Å²) in [6.45, 7) is 3.06. The topological polar surface area (TPSA) is 145 Å². The molecule has 0 bridgehead atoms. The Kier molecular flexibility index (Phi) is 6.60. The molecule has 2 N–H and O–H groups in total. The molecule has 12 heteroatoms. The maximum Gasteiger partial charge on any atom is 0.273 e. The molecule has 0 spiro atoms. The van der Waals surface area contributed by atoms with Crippen LogP contribution in [-0.2, 0) is 20.0 Å². The highest BCUT2D eigenvalue weighted by molar-refractivity contribution is 7.93. The molecule has 3 aromatic carbocycles. The van der Waals surface area contributed by atoms with E-state index in [1.54, 1.807) is 25.1 Å². The van der Waals surface area contributed by atoms with Crippen molar-refractivity contribution in [3.8, 4) is 5.75 Å². The maximum absolute atomic E-state index is 13.0. The van der Waals surface area contributed by atoms with Gasteiger partial charge < -0.3 is 4.74 Å². The zero-order valence-corrected chi connectivity index (χ0v) is 19.5. The van der Waals surface area contributed by atoms with Crippen molar-refractivity contribution in [1.82, 2.24) is 0 Å². The number of anilines is 2. The van der Waals surface area contributed by atoms with Crippen LogP contribution in [0.1, 0.15) is 11.1 Å². The Bertz CT molecular complexity index is 1440. The lowest BCUT2D eigenvalue weighted by atomic mass is 10.2. The van der Waals surface area contributed by atoms with Gasteiger partial charge in [0.2, 0.25) is 0 Å². The fourth-order valence-electron chi connectivity index (χ4n) is 3.05. The lowest BCUT2D eigenvalue weighted by molar-refractivity contribution is -0.385. The van der Waals surface area contributed by atoms with Crippen LogP contribution in [0.15, 0.2) is 70.5 Å². The number of para-hydroxylation sites is 2. The summed E-state index contributed by atoms with van der Waals surface area (Å²) < 4.78 is 61.5. The predicted molar refractivity (Wildman–Crippen MR) is 124 cm³/mol. The molecule has 0 saturated heterocycles. The summed E-state index contributed by atoms with van der Waals surface area (Å²) >= 11 is 0. The van der Waals surface area contributed by atoms with Crippen molar-refractivity contribution in [2.75, 3.05) is 16.6 Å². The third-order valence-corrected chi connectivity index (χ3v) is 7.66. The van der Waals surface area contributed by atoms with Gasteiger partial charge in [-0.2, -0.15) is 0 Å². The number of nitrogens with zero attached hydrogens (tertiary/aromatic N) is 1. The number of hydrogen-bond donors (Lipinski definition) is 2. The molecular formula is C21H21N3O7S2. The van der Waals surface area contributed by atoms with Gasteiger partial charge in [-0.1, -0.05) is 24.3 Å². The first-order chi connectivity index (χ1) is 15.4. The molecule has 33 heavy (non-hydrogen) atoms. The number of rotatable bonds is 8. The molecule has 0 heterocycles. The predicted octanol–water partition coefficient (Wildman–Crippen LogP) is 3.82. The third-order valence-electron chi connectivity index (χ3n) is 4.77. The van der Waals surface area contributed by atoms with Gasteiger partial charge in [0.05, 0.1) is 33.2 Å². The SMILES string of the molecule is COc1ccccc1NS(=O)(=O)c1cc(NS(=O)(=O)c2ccc(C)c([N+](=O)[O-])c2)ccc1C. The molecule has 0 aromatic heterocycles. The van der Waals surface area contributed by atoms with Crippen LogP contribution in [0.2, 0.25) is 0 Å². The van der Waals surface area contributed by atoms with Crippen molar-refractivity contribution in [1.29, 1.82) is 0 Å². The molecule has 0 aliphatic carbocycles. The van der Waals surface area contributed by atoms with Crippen molar-refractivity contribution in [3.63, 3.8) is 0 Å². The van der Waals surface area contributed by atoms with Gasteiger partial charge in [0.25, 0.3) is 25.7 Å². The first-order valence-corrected chi connectivity index (χ1v) is 12.5. The van der Waals surface area contributed by atoms with E-state index in [9.17, 15) is 26.9 Å². The van der Waals surface area contributed by atoms with Crippen LogP contribution in [0.25, 0.3) is 0 Å². The summed E-state index contributed by atoms with van der Waals surface area (Å²) in [5, 5.41) is 11.2. The number of nitro groups is 1. The van der Waals surface area contributed by atoms with Crippen molar-refractivity contribution >= 4 is 37.1 Å². The van der Waals surface area contributed by atoms with Crippen LogP contribution < -0.4 is 14.2 Å². The van der Waals surface area contributed by atoms with Gasteiger partial charge in [0, 0.05) is 11.6 Å². The first kappa shape index (κ1) is 24.0. The fourth-order valence-corrected chi connectivity index (χ4v) is 5.46. The fraction of sp³-hybridized carbons (Fsp3) is 0.143. The van der Waals surface area contributed by atoms with E-state index < -0.39 is 25.0 Å². The summed E-state index contributed by atoms with van der Waals surface area (Å²) in [6.07, 6.45) is 0. The minimum absolute atomic E-state index is 0.0239. The highest BCUT2D eigenvalue weighted by atomic mass is 32.2. The van der Waals surface area contributed by atoms with Crippen molar-refractivity contribution in [3.05, 3.63) is 81.9 Å². The van der Waals surface area contributed by atoms with E-state index in [2.05, 4.69) is 9.44 Å². The summed E-state index contributed by atoms with van der Waals surface area (Å²) in [7, 11) is -6.91. The maximum atomic E-state index is 13.0. The van der Waals surface area contributed by atoms with Crippen molar-refractivity contribution in [2.24, 2.45) is 0 Å². The smallest absolute Gasteiger partial charge is 0.273 e. The molecule has 3 rings (SSSR count). The first-order valence-electron chi connectivity index (χ1n) is 9.49. The summed E-state index contributed by atoms with van der Waals surface area (Å²) in [4.78, 5) is 10.0. The standard InChI is InChI=1S/C21H21N3O7S2/c1-14-9-11-17(13-19(14)24(25)26)32(27,28)22-16-10-8-15(2)21(12-16)33(29,30)23-18-6-4-5-7-20(18)31-3/h4-13,22-23H,1-3H3. The number of nitro benzene ring substituents is 1.